The summed E-state index contributed by atoms with van der Waals surface area (Å²) in [6, 6.07) is 32.1. The summed E-state index contributed by atoms with van der Waals surface area (Å²) in [6.07, 6.45) is 15.1. The molecule has 2 radical (unpaired) electrons. The van der Waals surface area contributed by atoms with Gasteiger partial charge in [0.15, 0.2) is 0 Å². The molecule has 0 aromatic heterocycles. The van der Waals surface area contributed by atoms with Crippen LogP contribution in [-0.4, -0.2) is 20.5 Å². The summed E-state index contributed by atoms with van der Waals surface area (Å²) in [5, 5.41) is 7.31. The molecule has 39 heavy (non-hydrogen) atoms. The topological polar surface area (TPSA) is 9.23 Å². The summed E-state index contributed by atoms with van der Waals surface area (Å²) < 4.78 is 5.78. The predicted molar refractivity (Wildman–Crippen MR) is 169 cm³/mol. The summed E-state index contributed by atoms with van der Waals surface area (Å²) in [6.45, 7) is 4.83. The maximum Gasteiger partial charge on any atom is 0.114 e. The zero-order valence-corrected chi connectivity index (χ0v) is 21.9. The first-order chi connectivity index (χ1) is 19.2. The van der Waals surface area contributed by atoms with E-state index in [0.29, 0.717) is 6.61 Å². The van der Waals surface area contributed by atoms with Crippen molar-refractivity contribution in [2.24, 2.45) is 0 Å². The molecular formula is C37H29BO. The number of benzene rings is 5. The number of allylic oxidation sites excluding steroid dienone is 7. The maximum absolute atomic E-state index is 6.30. The fraction of sp³-hybridized carbons (Fsp3) is 0.0811. The van der Waals surface area contributed by atoms with Gasteiger partial charge in [-0.15, -0.1) is 0 Å². The molecule has 0 fully saturated rings. The van der Waals surface area contributed by atoms with Crippen molar-refractivity contribution in [1.82, 2.24) is 0 Å². The normalized spacial score (nSPS) is 20.5. The van der Waals surface area contributed by atoms with Crippen LogP contribution in [0, 0.1) is 0 Å². The van der Waals surface area contributed by atoms with Gasteiger partial charge in [0.1, 0.15) is 7.85 Å². The molecule has 2 heteroatoms. The summed E-state index contributed by atoms with van der Waals surface area (Å²) in [5.74, 6) is 0. The zero-order valence-electron chi connectivity index (χ0n) is 21.9. The molecular weight excluding hydrogens is 471 g/mol. The summed E-state index contributed by atoms with van der Waals surface area (Å²) >= 11 is 0. The van der Waals surface area contributed by atoms with Crippen molar-refractivity contribution in [2.45, 2.75) is 12.4 Å². The molecule has 0 saturated heterocycles. The molecule has 6 rings (SSSR count). The van der Waals surface area contributed by atoms with Crippen LogP contribution in [0.1, 0.15) is 12.0 Å². The Labute approximate surface area is 231 Å². The lowest BCUT2D eigenvalue weighted by Crippen LogP contribution is -2.09. The van der Waals surface area contributed by atoms with Gasteiger partial charge in [-0.2, -0.15) is 0 Å². The van der Waals surface area contributed by atoms with Crippen molar-refractivity contribution in [3.8, 4) is 11.1 Å². The Morgan fingerprint density at radius 2 is 1.26 bits per heavy atom. The number of rotatable bonds is 2. The van der Waals surface area contributed by atoms with Gasteiger partial charge in [-0.05, 0) is 61.0 Å². The summed E-state index contributed by atoms with van der Waals surface area (Å²) in [4.78, 5) is 0. The van der Waals surface area contributed by atoms with Crippen molar-refractivity contribution in [1.29, 1.82) is 0 Å². The molecule has 1 unspecified atom stereocenters. The smallest absolute Gasteiger partial charge is 0.114 e. The lowest BCUT2D eigenvalue weighted by molar-refractivity contribution is 0.164. The average molecular weight is 500 g/mol. The summed E-state index contributed by atoms with van der Waals surface area (Å²) in [7, 11) is 6.30. The molecule has 1 aliphatic heterocycles. The monoisotopic (exact) mass is 500 g/mol. The highest BCUT2D eigenvalue weighted by Gasteiger charge is 2.18. The zero-order chi connectivity index (χ0) is 26.6. The van der Waals surface area contributed by atoms with Gasteiger partial charge < -0.3 is 4.74 Å². The SMILES string of the molecule is [B]C1/C=C\C(c2c3ccccc3c(-c3cccc4ccccc34)c3ccccc23)=C/C(=C)C/C=C\C=C/CO1. The van der Waals surface area contributed by atoms with Crippen LogP contribution in [-0.2, 0) is 4.74 Å². The second-order valence-corrected chi connectivity index (χ2v) is 9.84. The van der Waals surface area contributed by atoms with E-state index < -0.39 is 6.00 Å². The first-order valence-corrected chi connectivity index (χ1v) is 13.4. The third-order valence-electron chi connectivity index (χ3n) is 7.25. The first kappa shape index (κ1) is 24.9. The summed E-state index contributed by atoms with van der Waals surface area (Å²) in [5.41, 5.74) is 5.76. The van der Waals surface area contributed by atoms with Crippen molar-refractivity contribution in [3.05, 3.63) is 151 Å². The van der Waals surface area contributed by atoms with Crippen molar-refractivity contribution >= 4 is 45.7 Å². The van der Waals surface area contributed by atoms with E-state index in [1.807, 2.05) is 24.3 Å². The molecule has 0 spiro atoms. The van der Waals surface area contributed by atoms with Crippen LogP contribution in [0.15, 0.2) is 146 Å². The Bertz CT molecular complexity index is 1760. The van der Waals surface area contributed by atoms with Gasteiger partial charge in [-0.3, -0.25) is 0 Å². The van der Waals surface area contributed by atoms with Crippen molar-refractivity contribution in [3.63, 3.8) is 0 Å². The molecule has 5 aromatic rings. The minimum atomic E-state index is -0.511. The Balaban J connectivity index is 1.67. The highest BCUT2D eigenvalue weighted by atomic mass is 16.5. The van der Waals surface area contributed by atoms with Gasteiger partial charge in [0, 0.05) is 6.00 Å². The fourth-order valence-electron chi connectivity index (χ4n) is 5.51. The minimum Gasteiger partial charge on any atom is -0.380 e. The average Bonchev–Trinajstić information content (AvgIpc) is 2.98. The third-order valence-corrected chi connectivity index (χ3v) is 7.25. The van der Waals surface area contributed by atoms with Crippen LogP contribution in [0.2, 0.25) is 0 Å². The van der Waals surface area contributed by atoms with Gasteiger partial charge in [0.05, 0.1) is 6.61 Å². The standard InChI is InChI=1S/C37H29BO/c1-26-13-4-2-3-11-24-39-35(38)23-22-28(25-26)36-31-17-7-9-19-33(31)37(34-20-10-8-18-32(34)36)30-21-12-15-27-14-5-6-16-29(27)30/h2-12,14-23,25,35H,1,13,24H2/b4-2-,11-3-,23-22-,28-25+. The van der Waals surface area contributed by atoms with E-state index in [-0.39, 0.29) is 0 Å². The highest BCUT2D eigenvalue weighted by Crippen LogP contribution is 2.44. The van der Waals surface area contributed by atoms with E-state index in [9.17, 15) is 0 Å². The van der Waals surface area contributed by atoms with E-state index in [1.54, 1.807) is 0 Å². The fourth-order valence-corrected chi connectivity index (χ4v) is 5.51. The van der Waals surface area contributed by atoms with Gasteiger partial charge in [0.2, 0.25) is 0 Å². The Morgan fingerprint density at radius 1 is 0.667 bits per heavy atom. The molecule has 0 saturated carbocycles. The van der Waals surface area contributed by atoms with Crippen LogP contribution >= 0.6 is 0 Å². The number of ether oxygens (including phenoxy) is 1. The molecule has 0 bridgehead atoms. The molecule has 186 valence electrons. The molecule has 1 heterocycles. The van der Waals surface area contributed by atoms with Gasteiger partial charge in [-0.25, -0.2) is 0 Å². The quantitative estimate of drug-likeness (QED) is 0.173. The maximum atomic E-state index is 6.30. The third kappa shape index (κ3) is 5.04. The lowest BCUT2D eigenvalue weighted by Gasteiger charge is -2.19. The minimum absolute atomic E-state index is 0.460. The van der Waals surface area contributed by atoms with E-state index in [2.05, 4.69) is 116 Å². The van der Waals surface area contributed by atoms with Crippen molar-refractivity contribution < 1.29 is 4.74 Å². The molecule has 1 nitrogen and oxygen atoms in total. The molecule has 1 aliphatic rings. The predicted octanol–water partition coefficient (Wildman–Crippen LogP) is 9.34. The highest BCUT2D eigenvalue weighted by molar-refractivity contribution is 6.22. The van der Waals surface area contributed by atoms with Crippen LogP contribution < -0.4 is 0 Å². The van der Waals surface area contributed by atoms with Crippen molar-refractivity contribution in [2.75, 3.05) is 6.61 Å². The largest absolute Gasteiger partial charge is 0.380 e. The molecule has 5 aromatic carbocycles. The van der Waals surface area contributed by atoms with Crippen LogP contribution in [0.5, 0.6) is 0 Å². The van der Waals surface area contributed by atoms with E-state index in [4.69, 9.17) is 12.6 Å². The molecule has 0 amide bonds. The lowest BCUT2D eigenvalue weighted by atomic mass is 9.84. The first-order valence-electron chi connectivity index (χ1n) is 13.4. The van der Waals surface area contributed by atoms with Crippen LogP contribution in [0.4, 0.5) is 0 Å². The van der Waals surface area contributed by atoms with Gasteiger partial charge in [-0.1, -0.05) is 146 Å². The van der Waals surface area contributed by atoms with Crippen LogP contribution in [0.25, 0.3) is 49.0 Å². The molecule has 0 aliphatic carbocycles. The van der Waals surface area contributed by atoms with E-state index in [1.165, 1.54) is 49.0 Å². The van der Waals surface area contributed by atoms with E-state index in [0.717, 1.165) is 17.6 Å². The Kier molecular flexibility index (Phi) is 7.12. The second-order valence-electron chi connectivity index (χ2n) is 9.84. The molecule has 1 atom stereocenters. The molecule has 0 N–H and O–H groups in total. The number of hydrogen-bond donors (Lipinski definition) is 0. The van der Waals surface area contributed by atoms with Crippen LogP contribution in [0.3, 0.4) is 0 Å². The van der Waals surface area contributed by atoms with Gasteiger partial charge in [0.25, 0.3) is 0 Å². The number of fused-ring (bicyclic) bond motifs is 3. The number of hydrogen-bond acceptors (Lipinski definition) is 1. The van der Waals surface area contributed by atoms with Gasteiger partial charge >= 0.3 is 0 Å². The van der Waals surface area contributed by atoms with E-state index >= 15 is 0 Å². The Morgan fingerprint density at radius 3 is 1.97 bits per heavy atom. The Hall–Kier alpha value is -4.40. The second kappa shape index (κ2) is 11.1.